The van der Waals surface area contributed by atoms with Crippen molar-refractivity contribution in [3.63, 3.8) is 0 Å². The fraction of sp³-hybridized carbons (Fsp3) is 0.938. The molecule has 1 aliphatic rings. The molecule has 0 aromatic carbocycles. The van der Waals surface area contributed by atoms with Gasteiger partial charge in [0.2, 0.25) is 5.91 Å². The normalized spacial score (nSPS) is 21.8. The lowest BCUT2D eigenvalue weighted by atomic mass is 10.1. The second-order valence-corrected chi connectivity index (χ2v) is 7.05. The van der Waals surface area contributed by atoms with Crippen LogP contribution in [0.25, 0.3) is 0 Å². The highest BCUT2D eigenvalue weighted by Gasteiger charge is 2.31. The van der Waals surface area contributed by atoms with Gasteiger partial charge in [-0.3, -0.25) is 14.6 Å². The van der Waals surface area contributed by atoms with Crippen LogP contribution >= 0.6 is 0 Å². The van der Waals surface area contributed by atoms with Gasteiger partial charge in [-0.25, -0.2) is 0 Å². The van der Waals surface area contributed by atoms with Crippen LogP contribution in [0.2, 0.25) is 0 Å². The molecule has 1 aliphatic heterocycles. The third-order valence-corrected chi connectivity index (χ3v) is 4.25. The van der Waals surface area contributed by atoms with Gasteiger partial charge in [0, 0.05) is 43.7 Å². The number of rotatable bonds is 7. The van der Waals surface area contributed by atoms with Crippen molar-refractivity contribution >= 4 is 5.91 Å². The number of likely N-dealkylation sites (N-methyl/N-ethyl adjacent to an activating group) is 1. The summed E-state index contributed by atoms with van der Waals surface area (Å²) in [5.41, 5.74) is 5.74. The summed E-state index contributed by atoms with van der Waals surface area (Å²) in [6.45, 7) is 15.3. The lowest BCUT2D eigenvalue weighted by molar-refractivity contribution is -0.123. The predicted octanol–water partition coefficient (Wildman–Crippen LogP) is 1.03. The number of nitrogens with zero attached hydrogens (tertiary/aromatic N) is 2. The lowest BCUT2D eigenvalue weighted by Crippen LogP contribution is -2.47. The summed E-state index contributed by atoms with van der Waals surface area (Å²) in [5, 5.41) is 3.03. The van der Waals surface area contributed by atoms with E-state index < -0.39 is 0 Å². The summed E-state index contributed by atoms with van der Waals surface area (Å²) >= 11 is 0. The molecular formula is C16H34N4O. The maximum absolute atomic E-state index is 12.1. The molecule has 2 unspecified atom stereocenters. The maximum atomic E-state index is 12.1. The second-order valence-electron chi connectivity index (χ2n) is 7.05. The number of likely N-dealkylation sites (tertiary alicyclic amines) is 1. The van der Waals surface area contributed by atoms with E-state index in [0.717, 1.165) is 26.2 Å². The Morgan fingerprint density at radius 1 is 1.38 bits per heavy atom. The Bertz CT molecular complexity index is 323. The number of carbonyl (C=O) groups excluding carboxylic acids is 1. The van der Waals surface area contributed by atoms with Crippen molar-refractivity contribution in [2.45, 2.75) is 65.1 Å². The summed E-state index contributed by atoms with van der Waals surface area (Å²) in [4.78, 5) is 17.0. The van der Waals surface area contributed by atoms with Gasteiger partial charge in [0.15, 0.2) is 0 Å². The van der Waals surface area contributed by atoms with Gasteiger partial charge in [-0.05, 0) is 40.3 Å². The maximum Gasteiger partial charge on any atom is 0.222 e. The summed E-state index contributed by atoms with van der Waals surface area (Å²) in [7, 11) is 0. The molecule has 1 amide bonds. The first-order valence-corrected chi connectivity index (χ1v) is 8.29. The van der Waals surface area contributed by atoms with Crippen LogP contribution in [0, 0.1) is 0 Å². The average Bonchev–Trinajstić information content (AvgIpc) is 2.85. The molecule has 1 saturated heterocycles. The molecule has 1 fully saturated rings. The summed E-state index contributed by atoms with van der Waals surface area (Å²) < 4.78 is 0. The van der Waals surface area contributed by atoms with Gasteiger partial charge in [-0.2, -0.15) is 0 Å². The highest BCUT2D eigenvalue weighted by atomic mass is 16.1. The molecule has 2 atom stereocenters. The van der Waals surface area contributed by atoms with Crippen LogP contribution in [0.1, 0.15) is 47.5 Å². The van der Waals surface area contributed by atoms with Gasteiger partial charge in [-0.15, -0.1) is 0 Å². The zero-order chi connectivity index (χ0) is 16.0. The molecule has 1 rings (SSSR count). The van der Waals surface area contributed by atoms with E-state index >= 15 is 0 Å². The van der Waals surface area contributed by atoms with Crippen LogP contribution in [0.3, 0.4) is 0 Å². The van der Waals surface area contributed by atoms with E-state index in [1.165, 1.54) is 6.42 Å². The molecule has 21 heavy (non-hydrogen) atoms. The zero-order valence-electron chi connectivity index (χ0n) is 14.5. The standard InChI is InChI=1S/C16H34N4O/c1-6-19(7-2)13-8-9-20(12-13)14(11-17)10-15(21)18-16(3,4)5/h13-14H,6-12,17H2,1-5H3,(H,18,21). The Balaban J connectivity index is 2.52. The van der Waals surface area contributed by atoms with Gasteiger partial charge in [0.1, 0.15) is 0 Å². The molecular weight excluding hydrogens is 264 g/mol. The Hall–Kier alpha value is -0.650. The van der Waals surface area contributed by atoms with Crippen molar-refractivity contribution in [1.29, 1.82) is 0 Å². The number of nitrogens with one attached hydrogen (secondary N) is 1. The second kappa shape index (κ2) is 8.11. The van der Waals surface area contributed by atoms with Crippen LogP contribution in [0.4, 0.5) is 0 Å². The van der Waals surface area contributed by atoms with Crippen LogP contribution in [0.5, 0.6) is 0 Å². The van der Waals surface area contributed by atoms with Crippen molar-refractivity contribution in [2.75, 3.05) is 32.7 Å². The predicted molar refractivity (Wildman–Crippen MR) is 88.3 cm³/mol. The number of nitrogens with two attached hydrogens (primary N) is 1. The Labute approximate surface area is 130 Å². The molecule has 5 heteroatoms. The molecule has 3 N–H and O–H groups in total. The summed E-state index contributed by atoms with van der Waals surface area (Å²) in [5.74, 6) is 0.101. The fourth-order valence-corrected chi connectivity index (χ4v) is 3.18. The Kier molecular flexibility index (Phi) is 7.10. The zero-order valence-corrected chi connectivity index (χ0v) is 14.5. The van der Waals surface area contributed by atoms with E-state index in [0.29, 0.717) is 19.0 Å². The molecule has 0 spiro atoms. The molecule has 0 saturated carbocycles. The van der Waals surface area contributed by atoms with E-state index in [1.54, 1.807) is 0 Å². The third-order valence-electron chi connectivity index (χ3n) is 4.25. The van der Waals surface area contributed by atoms with Gasteiger partial charge < -0.3 is 11.1 Å². The minimum Gasteiger partial charge on any atom is -0.351 e. The summed E-state index contributed by atoms with van der Waals surface area (Å²) in [6.07, 6.45) is 1.68. The smallest absolute Gasteiger partial charge is 0.222 e. The third kappa shape index (κ3) is 5.93. The Morgan fingerprint density at radius 2 is 2.00 bits per heavy atom. The van der Waals surface area contributed by atoms with Crippen molar-refractivity contribution in [3.8, 4) is 0 Å². The topological polar surface area (TPSA) is 61.6 Å². The number of hydrogen-bond donors (Lipinski definition) is 2. The van der Waals surface area contributed by atoms with Crippen LogP contribution in [0.15, 0.2) is 0 Å². The van der Waals surface area contributed by atoms with E-state index in [9.17, 15) is 4.79 Å². The first-order valence-electron chi connectivity index (χ1n) is 8.29. The van der Waals surface area contributed by atoms with Gasteiger partial charge >= 0.3 is 0 Å². The van der Waals surface area contributed by atoms with Crippen molar-refractivity contribution in [1.82, 2.24) is 15.1 Å². The molecule has 1 heterocycles. The van der Waals surface area contributed by atoms with Gasteiger partial charge in [0.05, 0.1) is 0 Å². The lowest BCUT2D eigenvalue weighted by Gasteiger charge is -2.30. The molecule has 0 aromatic rings. The Morgan fingerprint density at radius 3 is 2.48 bits per heavy atom. The van der Waals surface area contributed by atoms with Gasteiger partial charge in [0.25, 0.3) is 0 Å². The quantitative estimate of drug-likeness (QED) is 0.737. The monoisotopic (exact) mass is 298 g/mol. The van der Waals surface area contributed by atoms with Crippen molar-refractivity contribution < 1.29 is 4.79 Å². The van der Waals surface area contributed by atoms with E-state index in [1.807, 2.05) is 20.8 Å². The molecule has 0 bridgehead atoms. The average molecular weight is 298 g/mol. The summed E-state index contributed by atoms with van der Waals surface area (Å²) in [6, 6.07) is 0.771. The van der Waals surface area contributed by atoms with Crippen LogP contribution in [-0.2, 0) is 4.79 Å². The first kappa shape index (κ1) is 18.4. The minimum absolute atomic E-state index is 0.101. The number of carbonyl (C=O) groups is 1. The van der Waals surface area contributed by atoms with Gasteiger partial charge in [-0.1, -0.05) is 13.8 Å². The van der Waals surface area contributed by atoms with E-state index in [-0.39, 0.29) is 17.5 Å². The van der Waals surface area contributed by atoms with E-state index in [4.69, 9.17) is 5.73 Å². The van der Waals surface area contributed by atoms with Crippen molar-refractivity contribution in [3.05, 3.63) is 0 Å². The SMILES string of the molecule is CCN(CC)C1CCN(C(CN)CC(=O)NC(C)(C)C)C1. The highest BCUT2D eigenvalue weighted by molar-refractivity contribution is 5.77. The van der Waals surface area contributed by atoms with Crippen LogP contribution in [-0.4, -0.2) is 66.1 Å². The number of amides is 1. The first-order chi connectivity index (χ1) is 9.80. The van der Waals surface area contributed by atoms with Crippen LogP contribution < -0.4 is 11.1 Å². The fourth-order valence-electron chi connectivity index (χ4n) is 3.18. The van der Waals surface area contributed by atoms with E-state index in [2.05, 4.69) is 29.0 Å². The molecule has 5 nitrogen and oxygen atoms in total. The molecule has 124 valence electrons. The largest absolute Gasteiger partial charge is 0.351 e. The number of hydrogen-bond acceptors (Lipinski definition) is 4. The molecule has 0 radical (unpaired) electrons. The molecule has 0 aromatic heterocycles. The van der Waals surface area contributed by atoms with Crippen molar-refractivity contribution in [2.24, 2.45) is 5.73 Å². The molecule has 0 aliphatic carbocycles. The highest BCUT2D eigenvalue weighted by Crippen LogP contribution is 2.19. The minimum atomic E-state index is -0.176.